The van der Waals surface area contributed by atoms with Crippen LogP contribution in [0.3, 0.4) is 0 Å². The molecule has 1 aromatic heterocycles. The van der Waals surface area contributed by atoms with Crippen molar-refractivity contribution in [1.29, 1.82) is 0 Å². The molecule has 134 valence electrons. The molecule has 3 aromatic rings. The van der Waals surface area contributed by atoms with E-state index in [2.05, 4.69) is 15.0 Å². The number of hydrogen-bond acceptors (Lipinski definition) is 5. The predicted octanol–water partition coefficient (Wildman–Crippen LogP) is 2.67. The molecule has 0 aliphatic rings. The van der Waals surface area contributed by atoms with Gasteiger partial charge in [0.05, 0.1) is 4.90 Å². The average Bonchev–Trinajstić information content (AvgIpc) is 3.15. The van der Waals surface area contributed by atoms with Crippen LogP contribution in [0.4, 0.5) is 5.13 Å². The molecule has 1 atom stereocenters. The van der Waals surface area contributed by atoms with Gasteiger partial charge in [0.2, 0.25) is 15.9 Å². The van der Waals surface area contributed by atoms with Crippen LogP contribution >= 0.6 is 11.3 Å². The molecule has 3 rings (SSSR count). The molecular formula is C18H17N3O3S2. The van der Waals surface area contributed by atoms with Crippen LogP contribution in [0.1, 0.15) is 5.56 Å². The number of anilines is 1. The molecule has 0 bridgehead atoms. The topological polar surface area (TPSA) is 88.2 Å². The quantitative estimate of drug-likeness (QED) is 0.652. The monoisotopic (exact) mass is 387 g/mol. The number of rotatable bonds is 7. The number of amides is 1. The SMILES string of the molecule is O=C(Nc1nccs1)C(Cc1ccccc1)NS(=O)(=O)c1ccccc1. The van der Waals surface area contributed by atoms with Gasteiger partial charge in [-0.05, 0) is 24.1 Å². The van der Waals surface area contributed by atoms with Crippen molar-refractivity contribution < 1.29 is 13.2 Å². The molecule has 1 heterocycles. The molecule has 0 saturated carbocycles. The second-order valence-corrected chi connectivity index (χ2v) is 8.11. The van der Waals surface area contributed by atoms with E-state index in [0.29, 0.717) is 5.13 Å². The van der Waals surface area contributed by atoms with Gasteiger partial charge in [-0.25, -0.2) is 13.4 Å². The summed E-state index contributed by atoms with van der Waals surface area (Å²) in [5, 5.41) is 4.81. The second kappa shape index (κ2) is 8.22. The molecule has 0 radical (unpaired) electrons. The standard InChI is InChI=1S/C18H17N3O3S2/c22-17(20-18-19-11-12-25-18)16(13-14-7-3-1-4-8-14)21-26(23,24)15-9-5-2-6-10-15/h1-12,16,21H,13H2,(H,19,20,22). The van der Waals surface area contributed by atoms with Crippen molar-refractivity contribution in [2.24, 2.45) is 0 Å². The Labute approximate surface area is 156 Å². The Balaban J connectivity index is 1.83. The van der Waals surface area contributed by atoms with Crippen LogP contribution in [-0.2, 0) is 21.2 Å². The molecule has 6 nitrogen and oxygen atoms in total. The lowest BCUT2D eigenvalue weighted by Gasteiger charge is -2.18. The third-order valence-corrected chi connectivity index (χ3v) is 5.79. The second-order valence-electron chi connectivity index (χ2n) is 5.50. The molecule has 0 saturated heterocycles. The van der Waals surface area contributed by atoms with Crippen LogP contribution in [0.25, 0.3) is 0 Å². The highest BCUT2D eigenvalue weighted by Crippen LogP contribution is 2.14. The fraction of sp³-hybridized carbons (Fsp3) is 0.111. The minimum absolute atomic E-state index is 0.111. The van der Waals surface area contributed by atoms with Crippen molar-refractivity contribution >= 4 is 32.4 Å². The lowest BCUT2D eigenvalue weighted by Crippen LogP contribution is -2.45. The highest BCUT2D eigenvalue weighted by atomic mass is 32.2. The zero-order valence-electron chi connectivity index (χ0n) is 13.7. The summed E-state index contributed by atoms with van der Waals surface area (Å²) in [5.41, 5.74) is 0.850. The van der Waals surface area contributed by atoms with E-state index >= 15 is 0 Å². The fourth-order valence-corrected chi connectivity index (χ4v) is 4.12. The summed E-state index contributed by atoms with van der Waals surface area (Å²) in [6.07, 6.45) is 1.80. The summed E-state index contributed by atoms with van der Waals surface area (Å²) in [6.45, 7) is 0. The maximum atomic E-state index is 12.7. The minimum Gasteiger partial charge on any atom is -0.301 e. The van der Waals surface area contributed by atoms with Gasteiger partial charge in [0.1, 0.15) is 6.04 Å². The van der Waals surface area contributed by atoms with E-state index in [9.17, 15) is 13.2 Å². The van der Waals surface area contributed by atoms with Crippen LogP contribution in [0.2, 0.25) is 0 Å². The molecule has 2 N–H and O–H groups in total. The first-order chi connectivity index (χ1) is 12.5. The summed E-state index contributed by atoms with van der Waals surface area (Å²) >= 11 is 1.27. The summed E-state index contributed by atoms with van der Waals surface area (Å²) in [4.78, 5) is 16.8. The van der Waals surface area contributed by atoms with Crippen LogP contribution in [0, 0.1) is 0 Å². The number of carbonyl (C=O) groups is 1. The zero-order valence-corrected chi connectivity index (χ0v) is 15.3. The fourth-order valence-electron chi connectivity index (χ4n) is 2.37. The van der Waals surface area contributed by atoms with Crippen molar-refractivity contribution in [3.63, 3.8) is 0 Å². The van der Waals surface area contributed by atoms with Crippen LogP contribution in [0.5, 0.6) is 0 Å². The van der Waals surface area contributed by atoms with Crippen molar-refractivity contribution in [2.45, 2.75) is 17.4 Å². The normalized spacial score (nSPS) is 12.5. The average molecular weight is 387 g/mol. The van der Waals surface area contributed by atoms with E-state index in [1.165, 1.54) is 23.5 Å². The molecule has 0 aliphatic carbocycles. The van der Waals surface area contributed by atoms with Gasteiger partial charge < -0.3 is 5.32 Å². The molecular weight excluding hydrogens is 370 g/mol. The molecule has 8 heteroatoms. The number of benzene rings is 2. The zero-order chi connectivity index (χ0) is 18.4. The van der Waals surface area contributed by atoms with E-state index in [-0.39, 0.29) is 11.3 Å². The van der Waals surface area contributed by atoms with E-state index < -0.39 is 22.0 Å². The summed E-state index contributed by atoms with van der Waals surface area (Å²) in [6, 6.07) is 16.3. The highest BCUT2D eigenvalue weighted by molar-refractivity contribution is 7.89. The van der Waals surface area contributed by atoms with Gasteiger partial charge in [0.25, 0.3) is 0 Å². The smallest absolute Gasteiger partial charge is 0.244 e. The first-order valence-electron chi connectivity index (χ1n) is 7.86. The summed E-state index contributed by atoms with van der Waals surface area (Å²) in [5.74, 6) is -0.455. The van der Waals surface area contributed by atoms with Crippen molar-refractivity contribution in [3.8, 4) is 0 Å². The number of hydrogen-bond donors (Lipinski definition) is 2. The first kappa shape index (κ1) is 18.2. The third kappa shape index (κ3) is 4.75. The van der Waals surface area contributed by atoms with E-state index in [4.69, 9.17) is 0 Å². The van der Waals surface area contributed by atoms with Gasteiger partial charge in [0.15, 0.2) is 5.13 Å². The Morgan fingerprint density at radius 1 is 1.04 bits per heavy atom. The van der Waals surface area contributed by atoms with Crippen molar-refractivity contribution in [2.75, 3.05) is 5.32 Å². The number of nitrogens with zero attached hydrogens (tertiary/aromatic N) is 1. The largest absolute Gasteiger partial charge is 0.301 e. The minimum atomic E-state index is -3.83. The molecule has 0 aliphatic heterocycles. The Bertz CT molecular complexity index is 944. The van der Waals surface area contributed by atoms with Crippen LogP contribution < -0.4 is 10.0 Å². The van der Waals surface area contributed by atoms with Gasteiger partial charge >= 0.3 is 0 Å². The number of thiazole rings is 1. The van der Waals surface area contributed by atoms with Gasteiger partial charge in [0, 0.05) is 11.6 Å². The summed E-state index contributed by atoms with van der Waals surface area (Å²) < 4.78 is 27.8. The highest BCUT2D eigenvalue weighted by Gasteiger charge is 2.26. The van der Waals surface area contributed by atoms with Gasteiger partial charge in [-0.1, -0.05) is 48.5 Å². The third-order valence-electron chi connectivity index (χ3n) is 3.61. The molecule has 1 amide bonds. The van der Waals surface area contributed by atoms with Gasteiger partial charge in [-0.15, -0.1) is 11.3 Å². The molecule has 1 unspecified atom stereocenters. The Morgan fingerprint density at radius 3 is 2.31 bits per heavy atom. The van der Waals surface area contributed by atoms with Gasteiger partial charge in [-0.2, -0.15) is 4.72 Å². The predicted molar refractivity (Wildman–Crippen MR) is 101 cm³/mol. The molecule has 26 heavy (non-hydrogen) atoms. The van der Waals surface area contributed by atoms with Gasteiger partial charge in [-0.3, -0.25) is 4.79 Å². The molecule has 0 fully saturated rings. The summed E-state index contributed by atoms with van der Waals surface area (Å²) in [7, 11) is -3.83. The van der Waals surface area contributed by atoms with Crippen molar-refractivity contribution in [1.82, 2.24) is 9.71 Å². The van der Waals surface area contributed by atoms with Crippen LogP contribution in [-0.4, -0.2) is 25.4 Å². The number of carbonyl (C=O) groups excluding carboxylic acids is 1. The molecule has 0 spiro atoms. The molecule has 2 aromatic carbocycles. The Hall–Kier alpha value is -2.55. The van der Waals surface area contributed by atoms with Crippen molar-refractivity contribution in [3.05, 3.63) is 77.8 Å². The Kier molecular flexibility index (Phi) is 5.77. The van der Waals surface area contributed by atoms with E-state index in [1.54, 1.807) is 29.8 Å². The lowest BCUT2D eigenvalue weighted by molar-refractivity contribution is -0.117. The van der Waals surface area contributed by atoms with E-state index in [0.717, 1.165) is 5.56 Å². The number of sulfonamides is 1. The van der Waals surface area contributed by atoms with Crippen LogP contribution in [0.15, 0.2) is 77.1 Å². The number of nitrogens with one attached hydrogen (secondary N) is 2. The number of aromatic nitrogens is 1. The lowest BCUT2D eigenvalue weighted by atomic mass is 10.1. The maximum Gasteiger partial charge on any atom is 0.244 e. The Morgan fingerprint density at radius 2 is 1.69 bits per heavy atom. The maximum absolute atomic E-state index is 12.7. The first-order valence-corrected chi connectivity index (χ1v) is 10.2. The van der Waals surface area contributed by atoms with E-state index in [1.807, 2.05) is 30.3 Å².